The van der Waals surface area contributed by atoms with Crippen molar-refractivity contribution in [1.82, 2.24) is 10.2 Å². The van der Waals surface area contributed by atoms with Crippen molar-refractivity contribution in [3.63, 3.8) is 0 Å². The molecule has 1 N–H and O–H groups in total. The standard InChI is InChI=1S/C14H28N2/c1-14(2,3)11-15-12-6-5-9-16(10-12)13-7-4-8-13/h12-13,15H,4-11H2,1-3H3. The van der Waals surface area contributed by atoms with Crippen LogP contribution in [-0.4, -0.2) is 36.6 Å². The van der Waals surface area contributed by atoms with E-state index in [1.165, 1.54) is 45.2 Å². The lowest BCUT2D eigenvalue weighted by atomic mass is 9.89. The lowest BCUT2D eigenvalue weighted by Gasteiger charge is -2.43. The first-order chi connectivity index (χ1) is 7.54. The highest BCUT2D eigenvalue weighted by atomic mass is 15.2. The number of nitrogens with zero attached hydrogens (tertiary/aromatic N) is 1. The highest BCUT2D eigenvalue weighted by Crippen LogP contribution is 2.27. The average Bonchev–Trinajstić information content (AvgIpc) is 2.12. The van der Waals surface area contributed by atoms with E-state index in [-0.39, 0.29) is 0 Å². The van der Waals surface area contributed by atoms with Crippen molar-refractivity contribution in [2.24, 2.45) is 5.41 Å². The molecular formula is C14H28N2. The van der Waals surface area contributed by atoms with Crippen LogP contribution in [0.15, 0.2) is 0 Å². The monoisotopic (exact) mass is 224 g/mol. The van der Waals surface area contributed by atoms with Crippen LogP contribution >= 0.6 is 0 Å². The Morgan fingerprint density at radius 1 is 1.12 bits per heavy atom. The van der Waals surface area contributed by atoms with Gasteiger partial charge in [-0.1, -0.05) is 27.2 Å². The lowest BCUT2D eigenvalue weighted by Crippen LogP contribution is -2.52. The van der Waals surface area contributed by atoms with Crippen LogP contribution in [0.3, 0.4) is 0 Å². The molecule has 2 aliphatic rings. The Bertz CT molecular complexity index is 215. The summed E-state index contributed by atoms with van der Waals surface area (Å²) in [5.74, 6) is 0. The number of rotatable bonds is 3. The summed E-state index contributed by atoms with van der Waals surface area (Å²) in [5, 5.41) is 3.75. The average molecular weight is 224 g/mol. The summed E-state index contributed by atoms with van der Waals surface area (Å²) in [4.78, 5) is 2.73. The fourth-order valence-electron chi connectivity index (χ4n) is 2.71. The summed E-state index contributed by atoms with van der Waals surface area (Å²) < 4.78 is 0. The molecule has 1 unspecified atom stereocenters. The van der Waals surface area contributed by atoms with Crippen molar-refractivity contribution in [3.05, 3.63) is 0 Å². The van der Waals surface area contributed by atoms with Crippen molar-refractivity contribution >= 4 is 0 Å². The maximum Gasteiger partial charge on any atom is 0.0195 e. The topological polar surface area (TPSA) is 15.3 Å². The molecule has 2 heteroatoms. The third kappa shape index (κ3) is 3.46. The van der Waals surface area contributed by atoms with Crippen LogP contribution in [0.1, 0.15) is 52.9 Å². The fraction of sp³-hybridized carbons (Fsp3) is 1.00. The van der Waals surface area contributed by atoms with Gasteiger partial charge in [0.2, 0.25) is 0 Å². The zero-order valence-corrected chi connectivity index (χ0v) is 11.3. The highest BCUT2D eigenvalue weighted by Gasteiger charge is 2.29. The van der Waals surface area contributed by atoms with Gasteiger partial charge in [-0.3, -0.25) is 4.90 Å². The molecule has 1 saturated heterocycles. The minimum Gasteiger partial charge on any atom is -0.312 e. The summed E-state index contributed by atoms with van der Waals surface area (Å²) >= 11 is 0. The van der Waals surface area contributed by atoms with Crippen LogP contribution in [0.5, 0.6) is 0 Å². The first-order valence-electron chi connectivity index (χ1n) is 7.02. The van der Waals surface area contributed by atoms with E-state index in [1.54, 1.807) is 0 Å². The summed E-state index contributed by atoms with van der Waals surface area (Å²) in [6.07, 6.45) is 7.12. The maximum atomic E-state index is 3.75. The largest absolute Gasteiger partial charge is 0.312 e. The Morgan fingerprint density at radius 2 is 1.88 bits per heavy atom. The molecule has 1 aliphatic carbocycles. The molecule has 1 atom stereocenters. The van der Waals surface area contributed by atoms with Gasteiger partial charge in [-0.15, -0.1) is 0 Å². The summed E-state index contributed by atoms with van der Waals surface area (Å²) in [6.45, 7) is 10.7. The normalized spacial score (nSPS) is 29.1. The molecule has 0 aromatic carbocycles. The molecule has 2 fully saturated rings. The lowest BCUT2D eigenvalue weighted by molar-refractivity contribution is 0.0852. The highest BCUT2D eigenvalue weighted by molar-refractivity contribution is 4.87. The second-order valence-corrected chi connectivity index (χ2v) is 6.86. The van der Waals surface area contributed by atoms with Crippen LogP contribution in [0.25, 0.3) is 0 Å². The number of hydrogen-bond acceptors (Lipinski definition) is 2. The quantitative estimate of drug-likeness (QED) is 0.793. The van der Waals surface area contributed by atoms with Crippen LogP contribution in [-0.2, 0) is 0 Å². The Morgan fingerprint density at radius 3 is 2.44 bits per heavy atom. The Labute approximate surface area is 101 Å². The molecule has 0 aromatic rings. The molecule has 1 aliphatic heterocycles. The van der Waals surface area contributed by atoms with Crippen molar-refractivity contribution < 1.29 is 0 Å². The molecule has 94 valence electrons. The SMILES string of the molecule is CC(C)(C)CNC1CCCN(C2CCC2)C1. The van der Waals surface area contributed by atoms with Gasteiger partial charge in [-0.05, 0) is 37.6 Å². The second-order valence-electron chi connectivity index (χ2n) is 6.86. The first-order valence-corrected chi connectivity index (χ1v) is 7.02. The zero-order chi connectivity index (χ0) is 11.6. The summed E-state index contributed by atoms with van der Waals surface area (Å²) in [5.41, 5.74) is 0.415. The van der Waals surface area contributed by atoms with E-state index in [4.69, 9.17) is 0 Å². The third-order valence-corrected chi connectivity index (χ3v) is 3.96. The van der Waals surface area contributed by atoms with Gasteiger partial charge >= 0.3 is 0 Å². The van der Waals surface area contributed by atoms with Gasteiger partial charge < -0.3 is 5.32 Å². The van der Waals surface area contributed by atoms with Gasteiger partial charge in [0.1, 0.15) is 0 Å². The van der Waals surface area contributed by atoms with Gasteiger partial charge in [-0.2, -0.15) is 0 Å². The van der Waals surface area contributed by atoms with Gasteiger partial charge in [-0.25, -0.2) is 0 Å². The van der Waals surface area contributed by atoms with Gasteiger partial charge in [0, 0.05) is 25.2 Å². The van der Waals surface area contributed by atoms with Crippen molar-refractivity contribution in [2.45, 2.75) is 65.0 Å². The fourth-order valence-corrected chi connectivity index (χ4v) is 2.71. The molecule has 2 nitrogen and oxygen atoms in total. The molecule has 0 radical (unpaired) electrons. The number of hydrogen-bond donors (Lipinski definition) is 1. The van der Waals surface area contributed by atoms with E-state index in [9.17, 15) is 0 Å². The van der Waals surface area contributed by atoms with Crippen LogP contribution in [0.2, 0.25) is 0 Å². The van der Waals surface area contributed by atoms with Gasteiger partial charge in [0.05, 0.1) is 0 Å². The molecule has 1 heterocycles. The minimum absolute atomic E-state index is 0.415. The van der Waals surface area contributed by atoms with Crippen molar-refractivity contribution in [2.75, 3.05) is 19.6 Å². The Balaban J connectivity index is 1.73. The number of likely N-dealkylation sites (tertiary alicyclic amines) is 1. The van der Waals surface area contributed by atoms with E-state index in [1.807, 2.05) is 0 Å². The smallest absolute Gasteiger partial charge is 0.0195 e. The van der Waals surface area contributed by atoms with Crippen molar-refractivity contribution in [3.8, 4) is 0 Å². The van der Waals surface area contributed by atoms with E-state index < -0.39 is 0 Å². The molecular weight excluding hydrogens is 196 g/mol. The van der Waals surface area contributed by atoms with Gasteiger partial charge in [0.15, 0.2) is 0 Å². The molecule has 2 rings (SSSR count). The zero-order valence-electron chi connectivity index (χ0n) is 11.3. The maximum absolute atomic E-state index is 3.75. The van der Waals surface area contributed by atoms with E-state index in [2.05, 4.69) is 31.0 Å². The van der Waals surface area contributed by atoms with Crippen LogP contribution in [0, 0.1) is 5.41 Å². The first kappa shape index (κ1) is 12.4. The predicted molar refractivity (Wildman–Crippen MR) is 69.7 cm³/mol. The van der Waals surface area contributed by atoms with E-state index in [0.29, 0.717) is 5.41 Å². The van der Waals surface area contributed by atoms with E-state index >= 15 is 0 Å². The van der Waals surface area contributed by atoms with Crippen LogP contribution in [0.4, 0.5) is 0 Å². The van der Waals surface area contributed by atoms with Crippen molar-refractivity contribution in [1.29, 1.82) is 0 Å². The molecule has 1 saturated carbocycles. The minimum atomic E-state index is 0.415. The second kappa shape index (κ2) is 5.05. The number of piperidine rings is 1. The molecule has 0 amide bonds. The van der Waals surface area contributed by atoms with Gasteiger partial charge in [0.25, 0.3) is 0 Å². The van der Waals surface area contributed by atoms with E-state index in [0.717, 1.165) is 18.6 Å². The molecule has 0 aromatic heterocycles. The Hall–Kier alpha value is -0.0800. The third-order valence-electron chi connectivity index (χ3n) is 3.96. The summed E-state index contributed by atoms with van der Waals surface area (Å²) in [6, 6.07) is 1.67. The molecule has 16 heavy (non-hydrogen) atoms. The predicted octanol–water partition coefficient (Wildman–Crippen LogP) is 2.64. The Kier molecular flexibility index (Phi) is 3.91. The molecule has 0 spiro atoms. The van der Waals surface area contributed by atoms with Crippen LogP contribution < -0.4 is 5.32 Å². The summed E-state index contributed by atoms with van der Waals surface area (Å²) in [7, 11) is 0. The molecule has 0 bridgehead atoms. The number of nitrogens with one attached hydrogen (secondary N) is 1.